The van der Waals surface area contributed by atoms with E-state index in [4.69, 9.17) is 0 Å². The first kappa shape index (κ1) is 21.0. The molecule has 0 saturated carbocycles. The zero-order chi connectivity index (χ0) is 21.3. The molecule has 0 aromatic carbocycles. The number of hydrogen-bond acceptors (Lipinski definition) is 6. The molecule has 1 fully saturated rings. The van der Waals surface area contributed by atoms with Crippen molar-refractivity contribution in [2.24, 2.45) is 0 Å². The summed E-state index contributed by atoms with van der Waals surface area (Å²) < 4.78 is 30.3. The van der Waals surface area contributed by atoms with Crippen molar-refractivity contribution in [3.05, 3.63) is 58.1 Å². The summed E-state index contributed by atoms with van der Waals surface area (Å²) in [5, 5.41) is 6.35. The molecule has 0 amide bonds. The Bertz CT molecular complexity index is 1150. The van der Waals surface area contributed by atoms with Crippen LogP contribution in [-0.4, -0.2) is 65.1 Å². The third-order valence-electron chi connectivity index (χ3n) is 5.50. The molecule has 0 atom stereocenters. The van der Waals surface area contributed by atoms with Crippen molar-refractivity contribution < 1.29 is 8.42 Å². The zero-order valence-corrected chi connectivity index (χ0v) is 18.7. The fraction of sp³-hybridized carbons (Fsp3) is 0.400. The van der Waals surface area contributed by atoms with Crippen LogP contribution in [0, 0.1) is 13.8 Å². The van der Waals surface area contributed by atoms with Crippen molar-refractivity contribution in [1.29, 1.82) is 0 Å². The summed E-state index contributed by atoms with van der Waals surface area (Å²) in [5.41, 5.74) is 2.77. The predicted octanol–water partition coefficient (Wildman–Crippen LogP) is 1.92. The molecule has 4 heterocycles. The number of sulfonamides is 1. The molecule has 30 heavy (non-hydrogen) atoms. The van der Waals surface area contributed by atoms with Gasteiger partial charge in [0.15, 0.2) is 0 Å². The summed E-state index contributed by atoms with van der Waals surface area (Å²) in [6.07, 6.45) is 0. The minimum atomic E-state index is -3.53. The molecule has 160 valence electrons. The number of aromatic nitrogens is 3. The summed E-state index contributed by atoms with van der Waals surface area (Å²) in [6, 6.07) is 10.6. The average Bonchev–Trinajstić information content (AvgIpc) is 3.35. The summed E-state index contributed by atoms with van der Waals surface area (Å²) in [7, 11) is -3.53. The number of aromatic amines is 1. The molecule has 0 spiro atoms. The molecular weight excluding hydrogens is 422 g/mol. The van der Waals surface area contributed by atoms with E-state index in [1.165, 1.54) is 28.8 Å². The van der Waals surface area contributed by atoms with E-state index < -0.39 is 10.0 Å². The van der Waals surface area contributed by atoms with Crippen LogP contribution in [0.25, 0.3) is 10.6 Å². The third-order valence-corrected chi connectivity index (χ3v) is 8.97. The number of aryl methyl sites for hydroxylation is 2. The highest BCUT2D eigenvalue weighted by atomic mass is 32.2. The van der Waals surface area contributed by atoms with Crippen molar-refractivity contribution in [3.8, 4) is 10.6 Å². The Hall–Kier alpha value is -2.27. The zero-order valence-electron chi connectivity index (χ0n) is 17.0. The lowest BCUT2D eigenvalue weighted by molar-refractivity contribution is 0.182. The number of piperazine rings is 1. The van der Waals surface area contributed by atoms with Crippen LogP contribution in [0.3, 0.4) is 0 Å². The number of nitrogens with one attached hydrogen (secondary N) is 1. The van der Waals surface area contributed by atoms with E-state index in [2.05, 4.69) is 45.6 Å². The van der Waals surface area contributed by atoms with Gasteiger partial charge in [-0.3, -0.25) is 9.69 Å². The van der Waals surface area contributed by atoms with Crippen LogP contribution in [0.15, 0.2) is 45.4 Å². The van der Waals surface area contributed by atoms with Gasteiger partial charge in [0.25, 0.3) is 15.6 Å². The van der Waals surface area contributed by atoms with Gasteiger partial charge in [-0.15, -0.1) is 11.3 Å². The predicted molar refractivity (Wildman–Crippen MR) is 117 cm³/mol. The summed E-state index contributed by atoms with van der Waals surface area (Å²) >= 11 is 1.17. The molecule has 1 aliphatic rings. The van der Waals surface area contributed by atoms with Crippen LogP contribution < -0.4 is 5.56 Å². The molecule has 0 aliphatic carbocycles. The molecule has 0 radical (unpaired) electrons. The van der Waals surface area contributed by atoms with E-state index in [1.54, 1.807) is 22.5 Å². The lowest BCUT2D eigenvalue weighted by atomic mass is 10.3. The Morgan fingerprint density at radius 3 is 2.30 bits per heavy atom. The second-order valence-electron chi connectivity index (χ2n) is 7.44. The van der Waals surface area contributed by atoms with E-state index in [1.807, 2.05) is 0 Å². The van der Waals surface area contributed by atoms with Crippen molar-refractivity contribution in [2.45, 2.75) is 24.6 Å². The van der Waals surface area contributed by atoms with Gasteiger partial charge in [-0.25, -0.2) is 13.5 Å². The van der Waals surface area contributed by atoms with Gasteiger partial charge in [0.1, 0.15) is 9.90 Å². The molecule has 1 saturated heterocycles. The van der Waals surface area contributed by atoms with E-state index in [-0.39, 0.29) is 5.56 Å². The van der Waals surface area contributed by atoms with Crippen molar-refractivity contribution >= 4 is 21.4 Å². The molecule has 8 nitrogen and oxygen atoms in total. The molecule has 3 aromatic rings. The Labute approximate surface area is 179 Å². The Morgan fingerprint density at radius 1 is 0.967 bits per heavy atom. The van der Waals surface area contributed by atoms with Crippen molar-refractivity contribution in [2.75, 3.05) is 32.7 Å². The molecule has 0 unspecified atom stereocenters. The van der Waals surface area contributed by atoms with Gasteiger partial charge in [-0.1, -0.05) is 0 Å². The largest absolute Gasteiger partial charge is 0.348 e. The second kappa shape index (κ2) is 8.46. The molecule has 0 bridgehead atoms. The first-order valence-corrected chi connectivity index (χ1v) is 12.1. The lowest BCUT2D eigenvalue weighted by Gasteiger charge is -2.33. The Morgan fingerprint density at radius 2 is 1.67 bits per heavy atom. The maximum atomic E-state index is 13.1. The average molecular weight is 448 g/mol. The summed E-state index contributed by atoms with van der Waals surface area (Å²) in [6.45, 7) is 8.44. The minimum Gasteiger partial charge on any atom is -0.348 e. The van der Waals surface area contributed by atoms with E-state index in [0.29, 0.717) is 27.9 Å². The van der Waals surface area contributed by atoms with Crippen LogP contribution in [0.5, 0.6) is 0 Å². The molecule has 1 aliphatic heterocycles. The highest BCUT2D eigenvalue weighted by Crippen LogP contribution is 2.31. The van der Waals surface area contributed by atoms with Crippen LogP contribution >= 0.6 is 11.3 Å². The van der Waals surface area contributed by atoms with Crippen LogP contribution in [0.4, 0.5) is 0 Å². The van der Waals surface area contributed by atoms with Gasteiger partial charge in [-0.05, 0) is 44.2 Å². The standard InChI is InChI=1S/C20H25N5O3S2/c1-15-3-4-16(2)25(15)14-11-23-9-12-24(13-10-23)30(27,28)20-8-6-18(29-20)17-5-7-19(26)22-21-17/h3-8H,9-14H2,1-2H3,(H,22,26). The normalized spacial score (nSPS) is 16.2. The quantitative estimate of drug-likeness (QED) is 0.623. The smallest absolute Gasteiger partial charge is 0.264 e. The van der Waals surface area contributed by atoms with E-state index in [9.17, 15) is 13.2 Å². The van der Waals surface area contributed by atoms with Gasteiger partial charge in [-0.2, -0.15) is 9.40 Å². The van der Waals surface area contributed by atoms with Crippen LogP contribution in [-0.2, 0) is 16.6 Å². The first-order valence-electron chi connectivity index (χ1n) is 9.86. The lowest BCUT2D eigenvalue weighted by Crippen LogP contribution is -2.49. The van der Waals surface area contributed by atoms with Gasteiger partial charge in [0, 0.05) is 56.7 Å². The van der Waals surface area contributed by atoms with Gasteiger partial charge < -0.3 is 4.57 Å². The highest BCUT2D eigenvalue weighted by Gasteiger charge is 2.29. The molecular formula is C20H25N5O3S2. The summed E-state index contributed by atoms with van der Waals surface area (Å²) in [4.78, 5) is 14.2. The van der Waals surface area contributed by atoms with Gasteiger partial charge in [0.2, 0.25) is 0 Å². The van der Waals surface area contributed by atoms with Crippen molar-refractivity contribution in [3.63, 3.8) is 0 Å². The molecule has 10 heteroatoms. The van der Waals surface area contributed by atoms with Crippen molar-refractivity contribution in [1.82, 2.24) is 24.0 Å². The SMILES string of the molecule is Cc1ccc(C)n1CCN1CCN(S(=O)(=O)c2ccc(-c3ccc(=O)[nH]n3)s2)CC1. The Kier molecular flexibility index (Phi) is 5.92. The summed E-state index contributed by atoms with van der Waals surface area (Å²) in [5.74, 6) is 0. The maximum Gasteiger partial charge on any atom is 0.264 e. The fourth-order valence-electron chi connectivity index (χ4n) is 3.69. The van der Waals surface area contributed by atoms with E-state index >= 15 is 0 Å². The maximum absolute atomic E-state index is 13.1. The number of thiophene rings is 1. The monoisotopic (exact) mass is 447 g/mol. The first-order chi connectivity index (χ1) is 14.3. The number of nitrogens with zero attached hydrogens (tertiary/aromatic N) is 4. The number of rotatable bonds is 6. The third kappa shape index (κ3) is 4.27. The van der Waals surface area contributed by atoms with Crippen LogP contribution in [0.2, 0.25) is 0 Å². The highest BCUT2D eigenvalue weighted by molar-refractivity contribution is 7.91. The molecule has 3 aromatic heterocycles. The fourth-order valence-corrected chi connectivity index (χ4v) is 6.54. The van der Waals surface area contributed by atoms with Crippen LogP contribution in [0.1, 0.15) is 11.4 Å². The number of hydrogen-bond donors (Lipinski definition) is 1. The van der Waals surface area contributed by atoms with Gasteiger partial charge >= 0.3 is 0 Å². The van der Waals surface area contributed by atoms with Gasteiger partial charge in [0.05, 0.1) is 4.88 Å². The second-order valence-corrected chi connectivity index (χ2v) is 10.7. The topological polar surface area (TPSA) is 91.3 Å². The minimum absolute atomic E-state index is 0.289. The Balaban J connectivity index is 1.38. The number of H-pyrrole nitrogens is 1. The van der Waals surface area contributed by atoms with E-state index in [0.717, 1.165) is 26.2 Å². The molecule has 4 rings (SSSR count). The molecule has 1 N–H and O–H groups in total.